The number of nitrogens with zero attached hydrogens (tertiary/aromatic N) is 3. The van der Waals surface area contributed by atoms with E-state index in [1.807, 2.05) is 43.9 Å². The molecule has 1 aromatic carbocycles. The van der Waals surface area contributed by atoms with Gasteiger partial charge in [-0.25, -0.2) is 9.59 Å². The van der Waals surface area contributed by atoms with Crippen molar-refractivity contribution in [3.8, 4) is 0 Å². The summed E-state index contributed by atoms with van der Waals surface area (Å²) in [5.41, 5.74) is 1.73. The van der Waals surface area contributed by atoms with Gasteiger partial charge in [0.15, 0.2) is 0 Å². The molecule has 2 aliphatic heterocycles. The highest BCUT2D eigenvalue weighted by atomic mass is 16.6. The van der Waals surface area contributed by atoms with Gasteiger partial charge in [0.05, 0.1) is 11.0 Å². The van der Waals surface area contributed by atoms with E-state index in [9.17, 15) is 24.0 Å². The van der Waals surface area contributed by atoms with Crippen LogP contribution >= 0.6 is 0 Å². The third kappa shape index (κ3) is 7.79. The Bertz CT molecular complexity index is 1470. The van der Waals surface area contributed by atoms with Crippen LogP contribution in [0, 0.1) is 11.8 Å². The van der Waals surface area contributed by atoms with Crippen LogP contribution in [0.4, 0.5) is 4.79 Å². The number of imidazole rings is 1. The number of benzene rings is 1. The Morgan fingerprint density at radius 1 is 1.00 bits per heavy atom. The Labute approximate surface area is 265 Å². The number of amides is 4. The third-order valence-electron chi connectivity index (χ3n) is 9.74. The Kier molecular flexibility index (Phi) is 10.0. The number of hydrogen-bond donors (Lipinski definition) is 2. The molecule has 2 saturated heterocycles. The highest BCUT2D eigenvalue weighted by molar-refractivity contribution is 6.00. The molecule has 1 unspecified atom stereocenters. The minimum Gasteiger partial charge on any atom is -0.444 e. The molecular formula is C34H49N5O6. The molecule has 1 aliphatic carbocycles. The summed E-state index contributed by atoms with van der Waals surface area (Å²) in [5, 5.41) is 5.29. The Morgan fingerprint density at radius 3 is 2.38 bits per heavy atom. The number of hydrogen-bond acceptors (Lipinski definition) is 6. The van der Waals surface area contributed by atoms with Crippen LogP contribution in [0.3, 0.4) is 0 Å². The maximum Gasteiger partial charge on any atom is 0.408 e. The quantitative estimate of drug-likeness (QED) is 0.421. The van der Waals surface area contributed by atoms with Gasteiger partial charge in [0.25, 0.3) is 0 Å². The second-order valence-corrected chi connectivity index (χ2v) is 14.2. The van der Waals surface area contributed by atoms with E-state index in [4.69, 9.17) is 4.74 Å². The van der Waals surface area contributed by atoms with Crippen molar-refractivity contribution in [2.45, 2.75) is 116 Å². The number of ether oxygens (including phenoxy) is 1. The van der Waals surface area contributed by atoms with Crippen LogP contribution < -0.4 is 16.3 Å². The van der Waals surface area contributed by atoms with Crippen LogP contribution in [-0.4, -0.2) is 62.6 Å². The normalized spacial score (nSPS) is 21.1. The number of likely N-dealkylation sites (tertiary alicyclic amines) is 1. The lowest BCUT2D eigenvalue weighted by molar-refractivity contribution is -0.137. The number of imide groups is 1. The highest BCUT2D eigenvalue weighted by Gasteiger charge is 2.36. The fourth-order valence-electron chi connectivity index (χ4n) is 7.31. The van der Waals surface area contributed by atoms with Gasteiger partial charge >= 0.3 is 11.8 Å². The molecule has 11 heteroatoms. The van der Waals surface area contributed by atoms with Crippen molar-refractivity contribution >= 4 is 34.8 Å². The van der Waals surface area contributed by atoms with Crippen LogP contribution in [0.1, 0.15) is 103 Å². The number of fused-ring (bicyclic) bond motifs is 1. The maximum absolute atomic E-state index is 13.7. The Balaban J connectivity index is 1.14. The van der Waals surface area contributed by atoms with Gasteiger partial charge in [0, 0.05) is 26.6 Å². The molecular weight excluding hydrogens is 574 g/mol. The average molecular weight is 624 g/mol. The first-order chi connectivity index (χ1) is 21.4. The molecule has 3 fully saturated rings. The van der Waals surface area contributed by atoms with Crippen LogP contribution in [-0.2, 0) is 32.6 Å². The van der Waals surface area contributed by atoms with E-state index in [0.29, 0.717) is 30.9 Å². The fraction of sp³-hybridized carbons (Fsp3) is 0.676. The molecule has 0 spiro atoms. The first-order valence-corrected chi connectivity index (χ1v) is 16.7. The molecule has 1 saturated carbocycles. The zero-order chi connectivity index (χ0) is 32.3. The molecule has 2 aromatic rings. The van der Waals surface area contributed by atoms with Gasteiger partial charge in [-0.1, -0.05) is 25.3 Å². The molecule has 0 bridgehead atoms. The van der Waals surface area contributed by atoms with E-state index in [2.05, 4.69) is 10.6 Å². The number of alkyl carbamates (subject to hydrolysis) is 1. The van der Waals surface area contributed by atoms with Crippen LogP contribution in [0.5, 0.6) is 0 Å². The monoisotopic (exact) mass is 623 g/mol. The zero-order valence-electron chi connectivity index (χ0n) is 27.2. The summed E-state index contributed by atoms with van der Waals surface area (Å²) in [5.74, 6) is -0.0317. The molecule has 3 aliphatic rings. The summed E-state index contributed by atoms with van der Waals surface area (Å²) in [6, 6.07) is 4.74. The summed E-state index contributed by atoms with van der Waals surface area (Å²) in [4.78, 5) is 65.4. The van der Waals surface area contributed by atoms with Gasteiger partial charge in [-0.3, -0.25) is 28.8 Å². The summed E-state index contributed by atoms with van der Waals surface area (Å²) < 4.78 is 8.59. The van der Waals surface area contributed by atoms with Crippen molar-refractivity contribution in [1.82, 2.24) is 24.7 Å². The molecule has 3 heterocycles. The largest absolute Gasteiger partial charge is 0.444 e. The van der Waals surface area contributed by atoms with E-state index in [-0.39, 0.29) is 29.8 Å². The highest BCUT2D eigenvalue weighted by Crippen LogP contribution is 2.30. The summed E-state index contributed by atoms with van der Waals surface area (Å²) in [6.07, 6.45) is 10.1. The molecule has 2 atom stereocenters. The van der Waals surface area contributed by atoms with Gasteiger partial charge in [-0.05, 0) is 102 Å². The first-order valence-electron chi connectivity index (χ1n) is 16.7. The van der Waals surface area contributed by atoms with E-state index >= 15 is 0 Å². The topological polar surface area (TPSA) is 132 Å². The minimum absolute atomic E-state index is 0.0226. The first kappa shape index (κ1) is 32.8. The van der Waals surface area contributed by atoms with Gasteiger partial charge in [-0.15, -0.1) is 0 Å². The smallest absolute Gasteiger partial charge is 0.408 e. The molecule has 5 rings (SSSR count). The second kappa shape index (κ2) is 13.8. The average Bonchev–Trinajstić information content (AvgIpc) is 3.24. The molecule has 45 heavy (non-hydrogen) atoms. The lowest BCUT2D eigenvalue weighted by Gasteiger charge is -2.37. The molecule has 0 radical (unpaired) electrons. The number of aromatic nitrogens is 2. The van der Waals surface area contributed by atoms with Crippen molar-refractivity contribution in [3.63, 3.8) is 0 Å². The van der Waals surface area contributed by atoms with Gasteiger partial charge in [-0.2, -0.15) is 0 Å². The minimum atomic E-state index is -0.687. The van der Waals surface area contributed by atoms with Crippen LogP contribution in [0.2, 0.25) is 0 Å². The van der Waals surface area contributed by atoms with Crippen molar-refractivity contribution in [2.24, 2.45) is 18.9 Å². The van der Waals surface area contributed by atoms with Gasteiger partial charge in [0.1, 0.15) is 17.7 Å². The number of piperidine rings is 2. The number of aryl methyl sites for hydroxylation is 2. The number of carbonyl (C=O) groups excluding carboxylic acids is 4. The summed E-state index contributed by atoms with van der Waals surface area (Å²) >= 11 is 0. The van der Waals surface area contributed by atoms with Crippen LogP contribution in [0.15, 0.2) is 23.0 Å². The predicted octanol–water partition coefficient (Wildman–Crippen LogP) is 4.35. The molecule has 11 nitrogen and oxygen atoms in total. The van der Waals surface area contributed by atoms with E-state index in [0.717, 1.165) is 68.9 Å². The van der Waals surface area contributed by atoms with E-state index in [1.54, 1.807) is 11.6 Å². The Morgan fingerprint density at radius 2 is 1.71 bits per heavy atom. The van der Waals surface area contributed by atoms with Crippen molar-refractivity contribution in [3.05, 3.63) is 34.2 Å². The molecule has 2 N–H and O–H groups in total. The number of carbonyl (C=O) groups is 4. The maximum atomic E-state index is 13.7. The summed E-state index contributed by atoms with van der Waals surface area (Å²) in [6.45, 7) is 6.89. The molecule has 246 valence electrons. The Hall–Kier alpha value is -3.63. The third-order valence-corrected chi connectivity index (χ3v) is 9.74. The molecule has 1 aromatic heterocycles. The molecule has 4 amide bonds. The van der Waals surface area contributed by atoms with Crippen molar-refractivity contribution in [1.29, 1.82) is 0 Å². The van der Waals surface area contributed by atoms with E-state index in [1.165, 1.54) is 11.0 Å². The summed E-state index contributed by atoms with van der Waals surface area (Å²) in [7, 11) is 1.72. The lowest BCUT2D eigenvalue weighted by Crippen LogP contribution is -2.54. The lowest BCUT2D eigenvalue weighted by atomic mass is 9.82. The van der Waals surface area contributed by atoms with E-state index < -0.39 is 29.7 Å². The zero-order valence-corrected chi connectivity index (χ0v) is 27.2. The number of nitrogens with one attached hydrogen (secondary N) is 2. The van der Waals surface area contributed by atoms with Gasteiger partial charge < -0.3 is 15.0 Å². The predicted molar refractivity (Wildman–Crippen MR) is 171 cm³/mol. The van der Waals surface area contributed by atoms with Crippen molar-refractivity contribution < 1.29 is 23.9 Å². The van der Waals surface area contributed by atoms with Gasteiger partial charge in [0.2, 0.25) is 17.7 Å². The second-order valence-electron chi connectivity index (χ2n) is 14.2. The SMILES string of the molecule is Cn1c(=O)n(C2CCC(=O)NC2=O)c2ccc(CCCC3CCN(C(=O)[C@@H](NC(=O)OC(C)(C)C)C4CCCCC4)CC3)cc21. The number of rotatable bonds is 8. The fourth-order valence-corrected chi connectivity index (χ4v) is 7.31. The van der Waals surface area contributed by atoms with Crippen molar-refractivity contribution in [2.75, 3.05) is 13.1 Å². The van der Waals surface area contributed by atoms with Crippen LogP contribution in [0.25, 0.3) is 11.0 Å². The standard InChI is InChI=1S/C34H49N5O6/c1-34(2,3)45-32(43)36-29(24-11-6-5-7-12-24)31(42)38-19-17-22(18-20-38)9-8-10-23-13-14-25-27(21-23)37(4)33(44)39(25)26-15-16-28(40)35-30(26)41/h13-14,21-22,24,26,29H,5-12,15-20H2,1-4H3,(H,36,43)(H,35,40,41)/t26?,29-/m0/s1.